The monoisotopic (exact) mass is 486 g/mol. The second-order valence-corrected chi connectivity index (χ2v) is 10.7. The fraction of sp³-hybridized carbons (Fsp3) is 0.409. The predicted molar refractivity (Wildman–Crippen MR) is 128 cm³/mol. The lowest BCUT2D eigenvalue weighted by molar-refractivity contribution is -0.122. The predicted octanol–water partition coefficient (Wildman–Crippen LogP) is 4.69. The number of hydrogen-bond acceptors (Lipinski definition) is 4. The number of aryl methyl sites for hydroxylation is 2. The molecule has 0 heterocycles. The zero-order valence-corrected chi connectivity index (χ0v) is 20.5. The molecule has 1 unspecified atom stereocenters. The molecule has 2 aromatic rings. The molecule has 1 N–H and O–H groups in total. The van der Waals surface area contributed by atoms with Gasteiger partial charge in [0.2, 0.25) is 15.9 Å². The van der Waals surface area contributed by atoms with Crippen LogP contribution in [0.4, 0.5) is 10.1 Å². The molecule has 9 heteroatoms. The summed E-state index contributed by atoms with van der Waals surface area (Å²) in [6, 6.07) is 9.04. The van der Waals surface area contributed by atoms with Crippen LogP contribution in [0.1, 0.15) is 30.0 Å². The largest absolute Gasteiger partial charge is 0.353 e. The summed E-state index contributed by atoms with van der Waals surface area (Å²) in [5, 5.41) is 3.18. The van der Waals surface area contributed by atoms with Crippen LogP contribution in [0.15, 0.2) is 36.4 Å². The normalized spacial score (nSPS) is 12.5. The fourth-order valence-electron chi connectivity index (χ4n) is 3.13. The van der Waals surface area contributed by atoms with Gasteiger partial charge in [-0.3, -0.25) is 9.10 Å². The molecule has 0 bridgehead atoms. The van der Waals surface area contributed by atoms with Crippen LogP contribution < -0.4 is 9.62 Å². The molecule has 2 rings (SSSR count). The summed E-state index contributed by atoms with van der Waals surface area (Å²) in [5.41, 5.74) is 2.90. The number of rotatable bonds is 10. The summed E-state index contributed by atoms with van der Waals surface area (Å²) in [4.78, 5) is 12.8. The molecule has 0 saturated heterocycles. The standard InChI is InChI=1S/C22H28ClFN2O3S2/c1-5-21(26(31(4,28)29)17-10-9-15(2)16(3)13-17)22(27)25-11-12-30-14-18-19(23)7-6-8-20(18)24/h6-10,13,21H,5,11-12,14H2,1-4H3,(H,25,27). The number of amides is 1. The van der Waals surface area contributed by atoms with Gasteiger partial charge in [-0.05, 0) is 55.7 Å². The van der Waals surface area contributed by atoms with Gasteiger partial charge in [-0.15, -0.1) is 0 Å². The minimum Gasteiger partial charge on any atom is -0.353 e. The summed E-state index contributed by atoms with van der Waals surface area (Å²) in [5.74, 6) is 0.203. The van der Waals surface area contributed by atoms with E-state index in [0.717, 1.165) is 17.4 Å². The summed E-state index contributed by atoms with van der Waals surface area (Å²) < 4.78 is 40.1. The molecular weight excluding hydrogens is 459 g/mol. The maximum atomic E-state index is 13.8. The van der Waals surface area contributed by atoms with E-state index in [1.807, 2.05) is 19.9 Å². The molecule has 0 radical (unpaired) electrons. The quantitative estimate of drug-likeness (QED) is 0.495. The highest BCUT2D eigenvalue weighted by Gasteiger charge is 2.31. The van der Waals surface area contributed by atoms with Crippen LogP contribution in [-0.4, -0.2) is 38.9 Å². The number of carbonyl (C=O) groups is 1. The zero-order valence-electron chi connectivity index (χ0n) is 18.1. The molecule has 0 aliphatic carbocycles. The van der Waals surface area contributed by atoms with E-state index in [-0.39, 0.29) is 11.7 Å². The van der Waals surface area contributed by atoms with Crippen molar-refractivity contribution in [2.75, 3.05) is 22.9 Å². The third-order valence-corrected chi connectivity index (χ3v) is 7.45. The van der Waals surface area contributed by atoms with Crippen LogP contribution in [0.25, 0.3) is 0 Å². The summed E-state index contributed by atoms with van der Waals surface area (Å²) in [6.45, 7) is 5.95. The molecule has 0 spiro atoms. The number of thioether (sulfide) groups is 1. The lowest BCUT2D eigenvalue weighted by atomic mass is 10.1. The molecule has 170 valence electrons. The molecule has 2 aromatic carbocycles. The Morgan fingerprint density at radius 3 is 2.52 bits per heavy atom. The van der Waals surface area contributed by atoms with Crippen molar-refractivity contribution in [3.05, 3.63) is 63.9 Å². The van der Waals surface area contributed by atoms with Crippen LogP contribution >= 0.6 is 23.4 Å². The van der Waals surface area contributed by atoms with Crippen LogP contribution in [0.3, 0.4) is 0 Å². The highest BCUT2D eigenvalue weighted by Crippen LogP contribution is 2.26. The molecule has 0 aliphatic rings. The first-order valence-electron chi connectivity index (χ1n) is 9.91. The first-order chi connectivity index (χ1) is 14.6. The molecule has 5 nitrogen and oxygen atoms in total. The number of carbonyl (C=O) groups excluding carboxylic acids is 1. The van der Waals surface area contributed by atoms with Crippen LogP contribution in [0.5, 0.6) is 0 Å². The van der Waals surface area contributed by atoms with Gasteiger partial charge in [-0.1, -0.05) is 30.7 Å². The van der Waals surface area contributed by atoms with E-state index in [2.05, 4.69) is 5.32 Å². The molecule has 31 heavy (non-hydrogen) atoms. The number of halogens is 2. The highest BCUT2D eigenvalue weighted by atomic mass is 35.5. The number of benzene rings is 2. The first kappa shape index (κ1) is 25.5. The van der Waals surface area contributed by atoms with E-state index < -0.39 is 16.1 Å². The van der Waals surface area contributed by atoms with Gasteiger partial charge in [-0.2, -0.15) is 11.8 Å². The van der Waals surface area contributed by atoms with E-state index in [1.54, 1.807) is 31.2 Å². The van der Waals surface area contributed by atoms with E-state index in [4.69, 9.17) is 11.6 Å². The van der Waals surface area contributed by atoms with Crippen LogP contribution in [0, 0.1) is 19.7 Å². The average molecular weight is 487 g/mol. The van der Waals surface area contributed by atoms with Crippen molar-refractivity contribution in [1.29, 1.82) is 0 Å². The third-order valence-electron chi connectivity index (χ3n) is 4.93. The van der Waals surface area contributed by atoms with Crippen molar-refractivity contribution < 1.29 is 17.6 Å². The Morgan fingerprint density at radius 1 is 1.23 bits per heavy atom. The van der Waals surface area contributed by atoms with Gasteiger partial charge in [0.25, 0.3) is 0 Å². The maximum absolute atomic E-state index is 13.8. The number of nitrogens with zero attached hydrogens (tertiary/aromatic N) is 1. The maximum Gasteiger partial charge on any atom is 0.243 e. The van der Waals surface area contributed by atoms with Crippen molar-refractivity contribution in [2.45, 2.75) is 39.0 Å². The van der Waals surface area contributed by atoms with Gasteiger partial charge in [0.1, 0.15) is 11.9 Å². The van der Waals surface area contributed by atoms with Crippen LogP contribution in [-0.2, 0) is 20.6 Å². The molecule has 0 aliphatic heterocycles. The van der Waals surface area contributed by atoms with Gasteiger partial charge in [0, 0.05) is 28.6 Å². The highest BCUT2D eigenvalue weighted by molar-refractivity contribution is 7.98. The second kappa shape index (κ2) is 11.2. The zero-order chi connectivity index (χ0) is 23.2. The van der Waals surface area contributed by atoms with Gasteiger partial charge in [0.05, 0.1) is 11.9 Å². The van der Waals surface area contributed by atoms with E-state index in [1.165, 1.54) is 22.1 Å². The molecular formula is C22H28ClFN2O3S2. The van der Waals surface area contributed by atoms with E-state index in [9.17, 15) is 17.6 Å². The van der Waals surface area contributed by atoms with Crippen molar-refractivity contribution >= 4 is 45.0 Å². The number of hydrogen-bond donors (Lipinski definition) is 1. The molecule has 1 atom stereocenters. The number of nitrogens with one attached hydrogen (secondary N) is 1. The number of anilines is 1. The minimum absolute atomic E-state index is 0.323. The SMILES string of the molecule is CCC(C(=O)NCCSCc1c(F)cccc1Cl)N(c1ccc(C)c(C)c1)S(C)(=O)=O. The van der Waals surface area contributed by atoms with Gasteiger partial charge >= 0.3 is 0 Å². The fourth-order valence-corrected chi connectivity index (χ4v) is 5.53. The topological polar surface area (TPSA) is 66.5 Å². The van der Waals surface area contributed by atoms with Gasteiger partial charge in [-0.25, -0.2) is 12.8 Å². The Bertz CT molecular complexity index is 1010. The lowest BCUT2D eigenvalue weighted by Gasteiger charge is -2.30. The van der Waals surface area contributed by atoms with Crippen LogP contribution in [0.2, 0.25) is 5.02 Å². The molecule has 1 amide bonds. The molecule has 0 fully saturated rings. The average Bonchev–Trinajstić information content (AvgIpc) is 2.69. The second-order valence-electron chi connectivity index (χ2n) is 7.30. The summed E-state index contributed by atoms with van der Waals surface area (Å²) in [7, 11) is -3.67. The Hall–Kier alpha value is -1.77. The minimum atomic E-state index is -3.67. The Morgan fingerprint density at radius 2 is 1.94 bits per heavy atom. The van der Waals surface area contributed by atoms with Crippen molar-refractivity contribution in [3.63, 3.8) is 0 Å². The Kier molecular flexibility index (Phi) is 9.21. The Balaban J connectivity index is 2.02. The first-order valence-corrected chi connectivity index (χ1v) is 13.3. The van der Waals surface area contributed by atoms with Crippen molar-refractivity contribution in [2.24, 2.45) is 0 Å². The lowest BCUT2D eigenvalue weighted by Crippen LogP contribution is -2.49. The van der Waals surface area contributed by atoms with E-state index >= 15 is 0 Å². The van der Waals surface area contributed by atoms with Crippen molar-refractivity contribution in [1.82, 2.24) is 5.32 Å². The Labute approximate surface area is 193 Å². The molecule has 0 aromatic heterocycles. The third kappa shape index (κ3) is 6.85. The van der Waals surface area contributed by atoms with Crippen molar-refractivity contribution in [3.8, 4) is 0 Å². The number of sulfonamides is 1. The van der Waals surface area contributed by atoms with E-state index in [0.29, 0.717) is 40.7 Å². The van der Waals surface area contributed by atoms with Gasteiger partial charge in [0.15, 0.2) is 0 Å². The summed E-state index contributed by atoms with van der Waals surface area (Å²) in [6.07, 6.45) is 1.43. The van der Waals surface area contributed by atoms with Gasteiger partial charge < -0.3 is 5.32 Å². The molecule has 0 saturated carbocycles. The smallest absolute Gasteiger partial charge is 0.243 e. The summed E-state index contributed by atoms with van der Waals surface area (Å²) >= 11 is 7.46.